The summed E-state index contributed by atoms with van der Waals surface area (Å²) in [6, 6.07) is 15.6. The molecule has 1 fully saturated rings. The number of aryl methyl sites for hydroxylation is 1. The predicted octanol–water partition coefficient (Wildman–Crippen LogP) is 4.95. The SMILES string of the molecule is Cc1ccc(-n2c(N)c(C(=O)OC3CCCCC3)c3nc4ccccc4nc32)cc1. The molecule has 0 unspecified atom stereocenters. The fourth-order valence-corrected chi connectivity index (χ4v) is 4.21. The standard InChI is InChI=1S/C24H24N4O2/c1-15-11-13-16(14-12-15)28-22(25)20(24(29)30-17-7-3-2-4-8-17)21-23(28)27-19-10-6-5-9-18(19)26-21/h5-6,9-14,17H,2-4,7-8,25H2,1H3. The van der Waals surface area contributed by atoms with Gasteiger partial charge in [-0.2, -0.15) is 0 Å². The molecule has 0 bridgehead atoms. The second kappa shape index (κ2) is 7.44. The monoisotopic (exact) mass is 400 g/mol. The number of carbonyl (C=O) groups is 1. The third-order valence-electron chi connectivity index (χ3n) is 5.82. The molecule has 2 aromatic carbocycles. The van der Waals surface area contributed by atoms with Gasteiger partial charge in [0.15, 0.2) is 5.65 Å². The van der Waals surface area contributed by atoms with Crippen LogP contribution >= 0.6 is 0 Å². The van der Waals surface area contributed by atoms with Crippen LogP contribution in [0.1, 0.15) is 48.0 Å². The van der Waals surface area contributed by atoms with Gasteiger partial charge in [-0.1, -0.05) is 36.2 Å². The van der Waals surface area contributed by atoms with Crippen molar-refractivity contribution in [1.82, 2.24) is 14.5 Å². The predicted molar refractivity (Wildman–Crippen MR) is 118 cm³/mol. The lowest BCUT2D eigenvalue weighted by Gasteiger charge is -2.21. The molecule has 6 heteroatoms. The number of aromatic nitrogens is 3. The Hall–Kier alpha value is -3.41. The molecule has 1 aliphatic rings. The number of fused-ring (bicyclic) bond motifs is 2. The van der Waals surface area contributed by atoms with Gasteiger partial charge in [-0.3, -0.25) is 4.57 Å². The maximum Gasteiger partial charge on any atom is 0.344 e. The topological polar surface area (TPSA) is 83.0 Å². The number of esters is 1. The van der Waals surface area contributed by atoms with Crippen molar-refractivity contribution in [2.24, 2.45) is 0 Å². The highest BCUT2D eigenvalue weighted by Gasteiger charge is 2.28. The molecule has 0 radical (unpaired) electrons. The summed E-state index contributed by atoms with van der Waals surface area (Å²) < 4.78 is 7.64. The average molecular weight is 400 g/mol. The molecular formula is C24H24N4O2. The minimum Gasteiger partial charge on any atom is -0.459 e. The molecule has 1 aliphatic carbocycles. The van der Waals surface area contributed by atoms with E-state index in [4.69, 9.17) is 20.4 Å². The highest BCUT2D eigenvalue weighted by Crippen LogP contribution is 2.32. The number of nitrogens with two attached hydrogens (primary N) is 1. The Morgan fingerprint density at radius 3 is 2.37 bits per heavy atom. The van der Waals surface area contributed by atoms with Gasteiger partial charge in [0.2, 0.25) is 0 Å². The highest BCUT2D eigenvalue weighted by atomic mass is 16.5. The molecule has 0 spiro atoms. The second-order valence-electron chi connectivity index (χ2n) is 7.98. The summed E-state index contributed by atoms with van der Waals surface area (Å²) in [7, 11) is 0. The maximum atomic E-state index is 13.2. The Morgan fingerprint density at radius 1 is 1.00 bits per heavy atom. The average Bonchev–Trinajstić information content (AvgIpc) is 3.04. The first-order valence-electron chi connectivity index (χ1n) is 10.5. The molecule has 152 valence electrons. The number of rotatable bonds is 3. The van der Waals surface area contributed by atoms with Crippen LogP contribution in [0.25, 0.3) is 27.9 Å². The van der Waals surface area contributed by atoms with Crippen molar-refractivity contribution < 1.29 is 9.53 Å². The van der Waals surface area contributed by atoms with E-state index < -0.39 is 5.97 Å². The first-order chi connectivity index (χ1) is 14.6. The van der Waals surface area contributed by atoms with Gasteiger partial charge < -0.3 is 10.5 Å². The van der Waals surface area contributed by atoms with Crippen LogP contribution in [0.3, 0.4) is 0 Å². The molecule has 2 heterocycles. The van der Waals surface area contributed by atoms with Crippen LogP contribution in [-0.2, 0) is 4.74 Å². The third-order valence-corrected chi connectivity index (χ3v) is 5.82. The summed E-state index contributed by atoms with van der Waals surface area (Å²) in [5.74, 6) is -0.107. The van der Waals surface area contributed by atoms with Crippen LogP contribution in [0.15, 0.2) is 48.5 Å². The zero-order valence-electron chi connectivity index (χ0n) is 17.0. The van der Waals surface area contributed by atoms with E-state index in [2.05, 4.69) is 0 Å². The van der Waals surface area contributed by atoms with Crippen molar-refractivity contribution in [3.8, 4) is 5.69 Å². The van der Waals surface area contributed by atoms with E-state index in [0.29, 0.717) is 22.5 Å². The number of nitrogen functional groups attached to an aromatic ring is 1. The molecule has 2 aromatic heterocycles. The Labute approximate surface area is 174 Å². The Morgan fingerprint density at radius 2 is 1.67 bits per heavy atom. The van der Waals surface area contributed by atoms with Gasteiger partial charge >= 0.3 is 5.97 Å². The van der Waals surface area contributed by atoms with E-state index in [9.17, 15) is 4.79 Å². The zero-order chi connectivity index (χ0) is 20.7. The molecule has 0 atom stereocenters. The Kier molecular flexibility index (Phi) is 4.62. The van der Waals surface area contributed by atoms with Crippen molar-refractivity contribution >= 4 is 34.0 Å². The van der Waals surface area contributed by atoms with Crippen LogP contribution in [-0.4, -0.2) is 26.6 Å². The number of para-hydroxylation sites is 2. The minimum atomic E-state index is -0.417. The van der Waals surface area contributed by atoms with Gasteiger partial charge in [0.1, 0.15) is 23.0 Å². The van der Waals surface area contributed by atoms with Crippen molar-refractivity contribution in [3.05, 3.63) is 59.7 Å². The number of benzene rings is 2. The van der Waals surface area contributed by atoms with Crippen LogP contribution in [0.4, 0.5) is 5.82 Å². The van der Waals surface area contributed by atoms with Gasteiger partial charge in [-0.05, 0) is 56.9 Å². The van der Waals surface area contributed by atoms with Crippen molar-refractivity contribution in [1.29, 1.82) is 0 Å². The van der Waals surface area contributed by atoms with E-state index in [1.54, 1.807) is 4.57 Å². The van der Waals surface area contributed by atoms with E-state index >= 15 is 0 Å². The summed E-state index contributed by atoms with van der Waals surface area (Å²) in [4.78, 5) is 22.8. The lowest BCUT2D eigenvalue weighted by molar-refractivity contribution is 0.0214. The van der Waals surface area contributed by atoms with Crippen LogP contribution in [0.2, 0.25) is 0 Å². The van der Waals surface area contributed by atoms with Crippen LogP contribution < -0.4 is 5.73 Å². The van der Waals surface area contributed by atoms with Gasteiger partial charge in [-0.15, -0.1) is 0 Å². The van der Waals surface area contributed by atoms with Crippen LogP contribution in [0.5, 0.6) is 0 Å². The highest BCUT2D eigenvalue weighted by molar-refractivity contribution is 6.09. The molecule has 1 saturated carbocycles. The molecule has 0 amide bonds. The fourth-order valence-electron chi connectivity index (χ4n) is 4.21. The van der Waals surface area contributed by atoms with Gasteiger partial charge in [-0.25, -0.2) is 14.8 Å². The number of hydrogen-bond acceptors (Lipinski definition) is 5. The number of carbonyl (C=O) groups excluding carboxylic acids is 1. The third kappa shape index (κ3) is 3.18. The second-order valence-corrected chi connectivity index (χ2v) is 7.98. The number of hydrogen-bond donors (Lipinski definition) is 1. The summed E-state index contributed by atoms with van der Waals surface area (Å²) >= 11 is 0. The molecule has 2 N–H and O–H groups in total. The van der Waals surface area contributed by atoms with Crippen molar-refractivity contribution in [2.75, 3.05) is 5.73 Å². The Bertz CT molecular complexity index is 1240. The lowest BCUT2D eigenvalue weighted by Crippen LogP contribution is -2.21. The quantitative estimate of drug-likeness (QED) is 0.492. The normalized spacial score (nSPS) is 15.0. The van der Waals surface area contributed by atoms with E-state index in [1.165, 1.54) is 6.42 Å². The summed E-state index contributed by atoms with van der Waals surface area (Å²) in [6.07, 6.45) is 5.11. The number of ether oxygens (including phenoxy) is 1. The van der Waals surface area contributed by atoms with E-state index in [1.807, 2.05) is 55.5 Å². The van der Waals surface area contributed by atoms with Gasteiger partial charge in [0.25, 0.3) is 0 Å². The minimum absolute atomic E-state index is 0.0585. The summed E-state index contributed by atoms with van der Waals surface area (Å²) in [5, 5.41) is 0. The maximum absolute atomic E-state index is 13.2. The molecule has 30 heavy (non-hydrogen) atoms. The van der Waals surface area contributed by atoms with Crippen LogP contribution in [0, 0.1) is 6.92 Å². The smallest absolute Gasteiger partial charge is 0.344 e. The fraction of sp³-hybridized carbons (Fsp3) is 0.292. The summed E-state index contributed by atoms with van der Waals surface area (Å²) in [5.41, 5.74) is 11.3. The Balaban J connectivity index is 1.70. The molecular weight excluding hydrogens is 376 g/mol. The largest absolute Gasteiger partial charge is 0.459 e. The van der Waals surface area contributed by atoms with Crippen molar-refractivity contribution in [2.45, 2.75) is 45.1 Å². The zero-order valence-corrected chi connectivity index (χ0v) is 17.0. The van der Waals surface area contributed by atoms with Gasteiger partial charge in [0.05, 0.1) is 11.0 Å². The molecule has 5 rings (SSSR count). The molecule has 0 aliphatic heterocycles. The van der Waals surface area contributed by atoms with E-state index in [0.717, 1.165) is 48.0 Å². The number of anilines is 1. The number of nitrogens with zero attached hydrogens (tertiary/aromatic N) is 3. The first-order valence-corrected chi connectivity index (χ1v) is 10.5. The molecule has 4 aromatic rings. The van der Waals surface area contributed by atoms with Crippen molar-refractivity contribution in [3.63, 3.8) is 0 Å². The van der Waals surface area contributed by atoms with Gasteiger partial charge in [0, 0.05) is 5.69 Å². The van der Waals surface area contributed by atoms with E-state index in [-0.39, 0.29) is 6.10 Å². The molecule has 6 nitrogen and oxygen atoms in total. The first kappa shape index (κ1) is 18.6. The molecule has 0 saturated heterocycles. The lowest BCUT2D eigenvalue weighted by atomic mass is 9.98. The summed E-state index contributed by atoms with van der Waals surface area (Å²) in [6.45, 7) is 2.03.